The topological polar surface area (TPSA) is 89.0 Å². The van der Waals surface area contributed by atoms with E-state index in [1.54, 1.807) is 21.6 Å². The first-order chi connectivity index (χ1) is 9.91. The van der Waals surface area contributed by atoms with Crippen molar-refractivity contribution in [3.8, 4) is 0 Å². The van der Waals surface area contributed by atoms with Gasteiger partial charge in [0.15, 0.2) is 0 Å². The molecule has 0 heterocycles. The standard InChI is InChI=1S/C12H28N2O4S2/c13-1-3-15-5-7-17-9-11-19-20-12-10-18-8-6-16-4-2-14/h1-14H2. The van der Waals surface area contributed by atoms with Crippen molar-refractivity contribution in [2.75, 3.05) is 77.5 Å². The van der Waals surface area contributed by atoms with Crippen LogP contribution in [0.2, 0.25) is 0 Å². The lowest BCUT2D eigenvalue weighted by molar-refractivity contribution is 0.0570. The predicted octanol–water partition coefficient (Wildman–Crippen LogP) is 0.352. The summed E-state index contributed by atoms with van der Waals surface area (Å²) in [6.45, 7) is 6.34. The van der Waals surface area contributed by atoms with Gasteiger partial charge in [0.25, 0.3) is 0 Å². The number of nitrogens with two attached hydrogens (primary N) is 2. The van der Waals surface area contributed by atoms with Gasteiger partial charge in [-0.2, -0.15) is 0 Å². The highest BCUT2D eigenvalue weighted by Crippen LogP contribution is 2.20. The number of rotatable bonds is 17. The van der Waals surface area contributed by atoms with Gasteiger partial charge in [-0.15, -0.1) is 0 Å². The summed E-state index contributed by atoms with van der Waals surface area (Å²) >= 11 is 0. The van der Waals surface area contributed by atoms with Gasteiger partial charge in [-0.1, -0.05) is 21.6 Å². The van der Waals surface area contributed by atoms with Crippen LogP contribution in [0.5, 0.6) is 0 Å². The maximum absolute atomic E-state index is 5.40. The molecule has 0 fully saturated rings. The third kappa shape index (κ3) is 18.5. The smallest absolute Gasteiger partial charge is 0.0701 e. The Hall–Kier alpha value is 0.460. The van der Waals surface area contributed by atoms with Crippen LogP contribution in [0.15, 0.2) is 0 Å². The van der Waals surface area contributed by atoms with E-state index in [2.05, 4.69) is 0 Å². The van der Waals surface area contributed by atoms with Crippen molar-refractivity contribution in [3.05, 3.63) is 0 Å². The van der Waals surface area contributed by atoms with Crippen LogP contribution < -0.4 is 11.5 Å². The summed E-state index contributed by atoms with van der Waals surface area (Å²) in [6.07, 6.45) is 0. The van der Waals surface area contributed by atoms with E-state index in [4.69, 9.17) is 30.4 Å². The maximum atomic E-state index is 5.40. The van der Waals surface area contributed by atoms with E-state index in [1.165, 1.54) is 0 Å². The molecule has 0 radical (unpaired) electrons. The Morgan fingerprint density at radius 3 is 1.20 bits per heavy atom. The number of hydrogen-bond donors (Lipinski definition) is 2. The molecule has 0 saturated carbocycles. The Kier molecular flexibility index (Phi) is 19.9. The molecule has 0 aliphatic carbocycles. The molecule has 0 saturated heterocycles. The van der Waals surface area contributed by atoms with Gasteiger partial charge in [-0.05, 0) is 0 Å². The van der Waals surface area contributed by atoms with Gasteiger partial charge >= 0.3 is 0 Å². The van der Waals surface area contributed by atoms with Crippen LogP contribution in [-0.4, -0.2) is 77.5 Å². The molecule has 0 aromatic carbocycles. The van der Waals surface area contributed by atoms with Gasteiger partial charge in [0.05, 0.1) is 52.9 Å². The van der Waals surface area contributed by atoms with E-state index < -0.39 is 0 Å². The van der Waals surface area contributed by atoms with Crippen LogP contribution in [-0.2, 0) is 18.9 Å². The van der Waals surface area contributed by atoms with E-state index in [0.717, 1.165) is 24.7 Å². The fourth-order valence-electron chi connectivity index (χ4n) is 1.11. The molecular formula is C12H28N2O4S2. The number of hydrogen-bond acceptors (Lipinski definition) is 8. The summed E-state index contributed by atoms with van der Waals surface area (Å²) in [5, 5.41) is 0. The zero-order chi connectivity index (χ0) is 14.7. The van der Waals surface area contributed by atoms with Crippen LogP contribution in [0.3, 0.4) is 0 Å². The molecule has 0 aromatic rings. The molecule has 8 heteroatoms. The Labute approximate surface area is 130 Å². The Morgan fingerprint density at radius 2 is 0.850 bits per heavy atom. The van der Waals surface area contributed by atoms with Gasteiger partial charge in [0.1, 0.15) is 0 Å². The third-order valence-corrected chi connectivity index (χ3v) is 4.31. The molecule has 20 heavy (non-hydrogen) atoms. The lowest BCUT2D eigenvalue weighted by Crippen LogP contribution is -2.12. The van der Waals surface area contributed by atoms with E-state index in [1.807, 2.05) is 0 Å². The highest BCUT2D eigenvalue weighted by atomic mass is 33.1. The van der Waals surface area contributed by atoms with Crippen LogP contribution in [0, 0.1) is 0 Å². The molecule has 0 aliphatic rings. The van der Waals surface area contributed by atoms with Crippen molar-refractivity contribution in [1.82, 2.24) is 0 Å². The summed E-state index contributed by atoms with van der Waals surface area (Å²) in [6, 6.07) is 0. The molecule has 0 atom stereocenters. The van der Waals surface area contributed by atoms with Crippen molar-refractivity contribution < 1.29 is 18.9 Å². The van der Waals surface area contributed by atoms with E-state index in [0.29, 0.717) is 52.7 Å². The molecule has 0 bridgehead atoms. The van der Waals surface area contributed by atoms with E-state index in [-0.39, 0.29) is 0 Å². The minimum atomic E-state index is 0.563. The van der Waals surface area contributed by atoms with Gasteiger partial charge in [0, 0.05) is 24.6 Å². The lowest BCUT2D eigenvalue weighted by Gasteiger charge is -2.06. The SMILES string of the molecule is NCCOCCOCCSSCCOCCOCCN. The van der Waals surface area contributed by atoms with Crippen LogP contribution in [0.1, 0.15) is 0 Å². The summed E-state index contributed by atoms with van der Waals surface area (Å²) in [4.78, 5) is 0. The first kappa shape index (κ1) is 20.5. The molecule has 6 nitrogen and oxygen atoms in total. The lowest BCUT2D eigenvalue weighted by atomic mass is 10.7. The van der Waals surface area contributed by atoms with Crippen LogP contribution in [0.25, 0.3) is 0 Å². The van der Waals surface area contributed by atoms with E-state index >= 15 is 0 Å². The van der Waals surface area contributed by atoms with Crippen molar-refractivity contribution in [2.45, 2.75) is 0 Å². The highest BCUT2D eigenvalue weighted by Gasteiger charge is 1.94. The Bertz CT molecular complexity index is 164. The average Bonchev–Trinajstić information content (AvgIpc) is 2.47. The maximum Gasteiger partial charge on any atom is 0.0701 e. The van der Waals surface area contributed by atoms with Crippen molar-refractivity contribution in [2.24, 2.45) is 11.5 Å². The second-order valence-corrected chi connectivity index (χ2v) is 6.37. The summed E-state index contributed by atoms with van der Waals surface area (Å²) < 4.78 is 21.2. The molecule has 0 spiro atoms. The predicted molar refractivity (Wildman–Crippen MR) is 86.3 cm³/mol. The Morgan fingerprint density at radius 1 is 0.500 bits per heavy atom. The minimum Gasteiger partial charge on any atom is -0.378 e. The molecule has 4 N–H and O–H groups in total. The molecule has 122 valence electrons. The fraction of sp³-hybridized carbons (Fsp3) is 1.00. The summed E-state index contributed by atoms with van der Waals surface area (Å²) in [5.74, 6) is 1.95. The zero-order valence-electron chi connectivity index (χ0n) is 12.1. The monoisotopic (exact) mass is 328 g/mol. The summed E-state index contributed by atoms with van der Waals surface area (Å²) in [7, 11) is 3.59. The first-order valence-electron chi connectivity index (χ1n) is 6.87. The molecule has 0 unspecified atom stereocenters. The molecule has 0 rings (SSSR count). The van der Waals surface area contributed by atoms with Crippen LogP contribution >= 0.6 is 21.6 Å². The van der Waals surface area contributed by atoms with Crippen molar-refractivity contribution >= 4 is 21.6 Å². The molecule has 0 aliphatic heterocycles. The first-order valence-corrected chi connectivity index (χ1v) is 9.36. The third-order valence-electron chi connectivity index (χ3n) is 1.97. The fourth-order valence-corrected chi connectivity index (χ4v) is 2.84. The van der Waals surface area contributed by atoms with Gasteiger partial charge in [0.2, 0.25) is 0 Å². The Balaban J connectivity index is 2.89. The minimum absolute atomic E-state index is 0.563. The highest BCUT2D eigenvalue weighted by molar-refractivity contribution is 8.76. The van der Waals surface area contributed by atoms with Gasteiger partial charge < -0.3 is 30.4 Å². The van der Waals surface area contributed by atoms with Crippen molar-refractivity contribution in [3.63, 3.8) is 0 Å². The van der Waals surface area contributed by atoms with E-state index in [9.17, 15) is 0 Å². The normalized spacial score (nSPS) is 11.1. The summed E-state index contributed by atoms with van der Waals surface area (Å²) in [5.41, 5.74) is 10.6. The second-order valence-electron chi connectivity index (χ2n) is 3.67. The van der Waals surface area contributed by atoms with Gasteiger partial charge in [-0.3, -0.25) is 0 Å². The zero-order valence-corrected chi connectivity index (χ0v) is 13.7. The largest absolute Gasteiger partial charge is 0.378 e. The van der Waals surface area contributed by atoms with Crippen LogP contribution in [0.4, 0.5) is 0 Å². The number of ether oxygens (including phenoxy) is 4. The second kappa shape index (κ2) is 19.5. The van der Waals surface area contributed by atoms with Crippen molar-refractivity contribution in [1.29, 1.82) is 0 Å². The average molecular weight is 329 g/mol. The molecule has 0 amide bonds. The molecule has 0 aromatic heterocycles. The molecular weight excluding hydrogens is 300 g/mol. The quantitative estimate of drug-likeness (QED) is 0.292. The van der Waals surface area contributed by atoms with Gasteiger partial charge in [-0.25, -0.2) is 0 Å².